The zero-order chi connectivity index (χ0) is 19.5. The minimum Gasteiger partial charge on any atom is -0.206 e. The highest BCUT2D eigenvalue weighted by molar-refractivity contribution is 7.97. The molecule has 0 radical (unpaired) electrons. The van der Waals surface area contributed by atoms with Crippen LogP contribution in [0.15, 0.2) is 112 Å². The van der Waals surface area contributed by atoms with Crippen LogP contribution in [0.1, 0.15) is 0 Å². The molecule has 0 aliphatic carbocycles. The number of benzene rings is 4. The van der Waals surface area contributed by atoms with Gasteiger partial charge in [-0.2, -0.15) is 4.39 Å². The molecular weight excluding hydrogens is 377 g/mol. The first kappa shape index (κ1) is 18.4. The van der Waals surface area contributed by atoms with Gasteiger partial charge < -0.3 is 0 Å². The van der Waals surface area contributed by atoms with Crippen LogP contribution >= 0.6 is 0 Å². The molecule has 4 rings (SSSR count). The van der Waals surface area contributed by atoms with Gasteiger partial charge in [0, 0.05) is 6.07 Å². The summed E-state index contributed by atoms with van der Waals surface area (Å²) in [4.78, 5) is 1.59. The van der Waals surface area contributed by atoms with Gasteiger partial charge in [-0.05, 0) is 29.8 Å². The smallest absolute Gasteiger partial charge is 0.206 e. The van der Waals surface area contributed by atoms with E-state index in [0.717, 1.165) is 15.9 Å². The molecule has 4 aromatic carbocycles. The molecule has 0 nitrogen and oxygen atoms in total. The fourth-order valence-electron chi connectivity index (χ4n) is 3.09. The minimum absolute atomic E-state index is 0.00656. The quantitative estimate of drug-likeness (QED) is 0.262. The van der Waals surface area contributed by atoms with E-state index in [4.69, 9.17) is 0 Å². The van der Waals surface area contributed by atoms with Crippen molar-refractivity contribution in [2.24, 2.45) is 0 Å². The van der Waals surface area contributed by atoms with Crippen LogP contribution in [-0.4, -0.2) is 0 Å². The standard InChI is InChI=1S/C24H16F3S/c25-20-16-21(23(26)24(27)22(20)17-10-4-1-5-11-17)28(18-12-6-2-7-13-18)19-14-8-3-9-15-19/h1-16H/q+1. The summed E-state index contributed by atoms with van der Waals surface area (Å²) in [5.74, 6) is -2.95. The van der Waals surface area contributed by atoms with Crippen LogP contribution in [0.25, 0.3) is 11.1 Å². The zero-order valence-electron chi connectivity index (χ0n) is 14.8. The van der Waals surface area contributed by atoms with Crippen molar-refractivity contribution in [2.45, 2.75) is 14.7 Å². The topological polar surface area (TPSA) is 0 Å². The molecule has 0 bridgehead atoms. The third-order valence-corrected chi connectivity index (χ3v) is 6.59. The Morgan fingerprint density at radius 2 is 1.00 bits per heavy atom. The highest BCUT2D eigenvalue weighted by Gasteiger charge is 2.35. The number of hydrogen-bond donors (Lipinski definition) is 0. The van der Waals surface area contributed by atoms with E-state index in [9.17, 15) is 8.78 Å². The van der Waals surface area contributed by atoms with Crippen molar-refractivity contribution in [2.75, 3.05) is 0 Å². The van der Waals surface area contributed by atoms with Gasteiger partial charge in [-0.1, -0.05) is 66.7 Å². The Morgan fingerprint density at radius 3 is 1.50 bits per heavy atom. The first-order chi connectivity index (χ1) is 13.7. The summed E-state index contributed by atoms with van der Waals surface area (Å²) in [5, 5.41) is 0. The summed E-state index contributed by atoms with van der Waals surface area (Å²) in [6.45, 7) is 0. The molecule has 0 aromatic heterocycles. The van der Waals surface area contributed by atoms with E-state index in [1.54, 1.807) is 30.3 Å². The van der Waals surface area contributed by atoms with Crippen molar-refractivity contribution in [3.63, 3.8) is 0 Å². The Hall–Kier alpha value is -2.98. The highest BCUT2D eigenvalue weighted by Crippen LogP contribution is 2.37. The molecule has 4 heteroatoms. The van der Waals surface area contributed by atoms with E-state index in [2.05, 4.69) is 0 Å². The van der Waals surface area contributed by atoms with Crippen LogP contribution in [0.4, 0.5) is 13.2 Å². The lowest BCUT2D eigenvalue weighted by Gasteiger charge is -2.12. The summed E-state index contributed by atoms with van der Waals surface area (Å²) in [7, 11) is -0.966. The lowest BCUT2D eigenvalue weighted by Crippen LogP contribution is -2.10. The molecule has 0 aliphatic rings. The molecule has 0 saturated heterocycles. The van der Waals surface area contributed by atoms with E-state index < -0.39 is 28.3 Å². The van der Waals surface area contributed by atoms with Crippen LogP contribution in [0, 0.1) is 17.5 Å². The monoisotopic (exact) mass is 393 g/mol. The van der Waals surface area contributed by atoms with E-state index in [0.29, 0.717) is 5.56 Å². The molecule has 0 amide bonds. The molecule has 4 aromatic rings. The van der Waals surface area contributed by atoms with Crippen LogP contribution in [0.3, 0.4) is 0 Å². The van der Waals surface area contributed by atoms with Gasteiger partial charge in [-0.25, -0.2) is 8.78 Å². The van der Waals surface area contributed by atoms with Crippen molar-refractivity contribution < 1.29 is 13.2 Å². The molecule has 138 valence electrons. The molecule has 0 fully saturated rings. The first-order valence-electron chi connectivity index (χ1n) is 8.74. The lowest BCUT2D eigenvalue weighted by molar-refractivity contribution is 0.480. The fraction of sp³-hybridized carbons (Fsp3) is 0. The Labute approximate surface area is 164 Å². The second kappa shape index (κ2) is 7.95. The maximum atomic E-state index is 15.2. The lowest BCUT2D eigenvalue weighted by atomic mass is 10.0. The van der Waals surface area contributed by atoms with Crippen molar-refractivity contribution in [3.05, 3.63) is 115 Å². The molecule has 0 spiro atoms. The summed E-state index contributed by atoms with van der Waals surface area (Å²) in [5.41, 5.74) is -0.0335. The molecule has 0 heterocycles. The molecule has 28 heavy (non-hydrogen) atoms. The van der Waals surface area contributed by atoms with Gasteiger partial charge in [0.25, 0.3) is 0 Å². The Morgan fingerprint density at radius 1 is 0.536 bits per heavy atom. The average molecular weight is 393 g/mol. The van der Waals surface area contributed by atoms with Gasteiger partial charge in [0.1, 0.15) is 16.7 Å². The average Bonchev–Trinajstić information content (AvgIpc) is 2.74. The molecule has 0 aliphatic heterocycles. The van der Waals surface area contributed by atoms with Crippen LogP contribution in [0.5, 0.6) is 0 Å². The van der Waals surface area contributed by atoms with Gasteiger partial charge in [-0.15, -0.1) is 0 Å². The first-order valence-corrected chi connectivity index (χ1v) is 9.96. The summed E-state index contributed by atoms with van der Waals surface area (Å²) >= 11 is 0. The van der Waals surface area contributed by atoms with Crippen molar-refractivity contribution >= 4 is 10.9 Å². The number of rotatable bonds is 4. The maximum absolute atomic E-state index is 15.2. The van der Waals surface area contributed by atoms with E-state index in [1.807, 2.05) is 60.7 Å². The molecular formula is C24H16F3S+. The van der Waals surface area contributed by atoms with E-state index in [1.165, 1.54) is 0 Å². The van der Waals surface area contributed by atoms with Gasteiger partial charge in [0.05, 0.1) is 5.56 Å². The molecule has 0 N–H and O–H groups in total. The largest absolute Gasteiger partial charge is 0.215 e. The van der Waals surface area contributed by atoms with Gasteiger partial charge >= 0.3 is 0 Å². The maximum Gasteiger partial charge on any atom is 0.215 e. The third-order valence-electron chi connectivity index (χ3n) is 4.37. The van der Waals surface area contributed by atoms with Gasteiger partial charge in [0.2, 0.25) is 10.7 Å². The fourth-order valence-corrected chi connectivity index (χ4v) is 5.22. The van der Waals surface area contributed by atoms with Crippen molar-refractivity contribution in [1.82, 2.24) is 0 Å². The number of hydrogen-bond acceptors (Lipinski definition) is 0. The van der Waals surface area contributed by atoms with Crippen LogP contribution < -0.4 is 0 Å². The predicted octanol–water partition coefficient (Wildman–Crippen LogP) is 6.87. The summed E-state index contributed by atoms with van der Waals surface area (Å²) in [6.07, 6.45) is 0. The third kappa shape index (κ3) is 3.43. The van der Waals surface area contributed by atoms with Gasteiger partial charge in [-0.3, -0.25) is 0 Å². The molecule has 0 unspecified atom stereocenters. The molecule has 0 atom stereocenters. The Bertz CT molecular complexity index is 1040. The van der Waals surface area contributed by atoms with Gasteiger partial charge in [0.15, 0.2) is 15.6 Å². The van der Waals surface area contributed by atoms with Crippen molar-refractivity contribution in [3.8, 4) is 11.1 Å². The minimum atomic E-state index is -1.16. The predicted molar refractivity (Wildman–Crippen MR) is 107 cm³/mol. The highest BCUT2D eigenvalue weighted by atomic mass is 32.2. The molecule has 0 saturated carbocycles. The van der Waals surface area contributed by atoms with E-state index >= 15 is 4.39 Å². The van der Waals surface area contributed by atoms with E-state index in [-0.39, 0.29) is 10.5 Å². The van der Waals surface area contributed by atoms with Crippen LogP contribution in [-0.2, 0) is 10.9 Å². The van der Waals surface area contributed by atoms with Crippen LogP contribution in [0.2, 0.25) is 0 Å². The summed E-state index contributed by atoms with van der Waals surface area (Å²) < 4.78 is 45.2. The zero-order valence-corrected chi connectivity index (χ0v) is 15.6. The van der Waals surface area contributed by atoms with Crippen molar-refractivity contribution in [1.29, 1.82) is 0 Å². The summed E-state index contributed by atoms with van der Waals surface area (Å²) in [6, 6.07) is 27.7. The normalized spacial score (nSPS) is 11.0. The number of halogens is 3. The second-order valence-electron chi connectivity index (χ2n) is 6.16. The Balaban J connectivity index is 1.93. The Kier molecular flexibility index (Phi) is 5.22. The second-order valence-corrected chi connectivity index (χ2v) is 8.15. The SMILES string of the molecule is Fc1cc([S+](c2ccccc2)c2ccccc2)c(F)c(F)c1-c1ccccc1.